The van der Waals surface area contributed by atoms with Crippen LogP contribution in [-0.4, -0.2) is 39.6 Å². The van der Waals surface area contributed by atoms with E-state index in [9.17, 15) is 14.7 Å². The fourth-order valence-corrected chi connectivity index (χ4v) is 3.13. The molecule has 1 amide bonds. The van der Waals surface area contributed by atoms with Gasteiger partial charge in [-0.1, -0.05) is 29.3 Å². The summed E-state index contributed by atoms with van der Waals surface area (Å²) < 4.78 is 1.15. The normalized spacial score (nSPS) is 10.7. The summed E-state index contributed by atoms with van der Waals surface area (Å²) in [6.45, 7) is 0.105. The molecular weight excluding hydrogens is 429 g/mol. The van der Waals surface area contributed by atoms with Gasteiger partial charge in [-0.2, -0.15) is 0 Å². The predicted octanol–water partition coefficient (Wildman–Crippen LogP) is 2.85. The first-order valence-corrected chi connectivity index (χ1v) is 9.61. The van der Waals surface area contributed by atoms with Crippen molar-refractivity contribution < 1.29 is 9.90 Å². The standard InChI is InChI=1S/C20H19Cl2N5O3/c1-26(2)14-5-4-8-23-15(14)18-25-16(17(28)20(30)27(18)3)19(29)24-10-11-6-7-12(21)13(22)9-11/h4-9,28H,10H2,1-3H3,(H,24,29). The maximum Gasteiger partial charge on any atom is 0.296 e. The van der Waals surface area contributed by atoms with Crippen molar-refractivity contribution in [2.75, 3.05) is 19.0 Å². The summed E-state index contributed by atoms with van der Waals surface area (Å²) in [5.41, 5.74) is 0.660. The number of pyridine rings is 1. The van der Waals surface area contributed by atoms with Crippen LogP contribution in [0.3, 0.4) is 0 Å². The molecule has 0 aliphatic rings. The third-order valence-electron chi connectivity index (χ3n) is 4.40. The van der Waals surface area contributed by atoms with Crippen molar-refractivity contribution in [2.45, 2.75) is 6.54 Å². The number of aromatic hydroxyl groups is 1. The third-order valence-corrected chi connectivity index (χ3v) is 5.14. The monoisotopic (exact) mass is 447 g/mol. The van der Waals surface area contributed by atoms with Crippen molar-refractivity contribution in [3.8, 4) is 17.3 Å². The van der Waals surface area contributed by atoms with Crippen LogP contribution in [0, 0.1) is 0 Å². The summed E-state index contributed by atoms with van der Waals surface area (Å²) >= 11 is 11.9. The lowest BCUT2D eigenvalue weighted by Gasteiger charge is -2.18. The van der Waals surface area contributed by atoms with Gasteiger partial charge in [-0.25, -0.2) is 4.98 Å². The molecular formula is C20H19Cl2N5O3. The summed E-state index contributed by atoms with van der Waals surface area (Å²) in [5.74, 6) is -1.29. The van der Waals surface area contributed by atoms with Gasteiger partial charge in [-0.15, -0.1) is 0 Å². The predicted molar refractivity (Wildman–Crippen MR) is 116 cm³/mol. The van der Waals surface area contributed by atoms with Crippen molar-refractivity contribution >= 4 is 34.8 Å². The molecule has 8 nitrogen and oxygen atoms in total. The van der Waals surface area contributed by atoms with E-state index in [0.29, 0.717) is 27.0 Å². The van der Waals surface area contributed by atoms with Gasteiger partial charge >= 0.3 is 0 Å². The number of rotatable bonds is 5. The van der Waals surface area contributed by atoms with E-state index in [0.717, 1.165) is 4.57 Å². The number of carbonyl (C=O) groups excluding carboxylic acids is 1. The van der Waals surface area contributed by atoms with Gasteiger partial charge in [0.25, 0.3) is 11.5 Å². The van der Waals surface area contributed by atoms with Crippen LogP contribution in [0.15, 0.2) is 41.3 Å². The smallest absolute Gasteiger partial charge is 0.296 e. The van der Waals surface area contributed by atoms with Gasteiger partial charge in [0.2, 0.25) is 5.75 Å². The van der Waals surface area contributed by atoms with E-state index in [-0.39, 0.29) is 18.1 Å². The minimum atomic E-state index is -0.755. The molecule has 0 aliphatic heterocycles. The second kappa shape index (κ2) is 8.73. The highest BCUT2D eigenvalue weighted by Gasteiger charge is 2.23. The minimum Gasteiger partial charge on any atom is -0.501 e. The van der Waals surface area contributed by atoms with E-state index in [2.05, 4.69) is 15.3 Å². The Hall–Kier alpha value is -3.10. The Morgan fingerprint density at radius 2 is 1.97 bits per heavy atom. The number of hydrogen-bond donors (Lipinski definition) is 2. The Morgan fingerprint density at radius 3 is 2.63 bits per heavy atom. The summed E-state index contributed by atoms with van der Waals surface area (Å²) in [4.78, 5) is 35.6. The molecule has 2 aromatic heterocycles. The molecule has 2 heterocycles. The summed E-state index contributed by atoms with van der Waals surface area (Å²) in [7, 11) is 5.10. The zero-order valence-corrected chi connectivity index (χ0v) is 18.0. The van der Waals surface area contributed by atoms with Gasteiger partial charge in [0.05, 0.1) is 15.7 Å². The highest BCUT2D eigenvalue weighted by Crippen LogP contribution is 2.26. The molecule has 2 N–H and O–H groups in total. The number of carbonyl (C=O) groups is 1. The molecule has 0 fully saturated rings. The second-order valence-corrected chi connectivity index (χ2v) is 7.51. The van der Waals surface area contributed by atoms with Crippen LogP contribution in [0.2, 0.25) is 10.0 Å². The zero-order valence-electron chi connectivity index (χ0n) is 16.5. The van der Waals surface area contributed by atoms with E-state index in [1.54, 1.807) is 30.5 Å². The molecule has 1 aromatic carbocycles. The summed E-state index contributed by atoms with van der Waals surface area (Å²) in [6.07, 6.45) is 1.56. The lowest BCUT2D eigenvalue weighted by molar-refractivity contribution is 0.0942. The van der Waals surface area contributed by atoms with Gasteiger partial charge in [-0.05, 0) is 29.8 Å². The lowest BCUT2D eigenvalue weighted by Crippen LogP contribution is -2.29. The molecule has 0 saturated heterocycles. The number of nitrogens with one attached hydrogen (secondary N) is 1. The highest BCUT2D eigenvalue weighted by molar-refractivity contribution is 6.42. The molecule has 10 heteroatoms. The van der Waals surface area contributed by atoms with Crippen molar-refractivity contribution in [1.82, 2.24) is 19.9 Å². The van der Waals surface area contributed by atoms with Crippen molar-refractivity contribution in [3.05, 3.63) is 68.2 Å². The fraction of sp³-hybridized carbons (Fsp3) is 0.200. The summed E-state index contributed by atoms with van der Waals surface area (Å²) in [6, 6.07) is 8.49. The van der Waals surface area contributed by atoms with Gasteiger partial charge in [0.15, 0.2) is 11.5 Å². The molecule has 30 heavy (non-hydrogen) atoms. The van der Waals surface area contributed by atoms with Crippen LogP contribution in [0.1, 0.15) is 16.1 Å². The molecule has 3 rings (SSSR count). The molecule has 0 atom stereocenters. The van der Waals surface area contributed by atoms with E-state index >= 15 is 0 Å². The Bertz CT molecular complexity index is 1180. The van der Waals surface area contributed by atoms with Crippen molar-refractivity contribution in [1.29, 1.82) is 0 Å². The van der Waals surface area contributed by atoms with Crippen LogP contribution >= 0.6 is 23.2 Å². The van der Waals surface area contributed by atoms with Crippen LogP contribution in [0.4, 0.5) is 5.69 Å². The molecule has 0 saturated carbocycles. The van der Waals surface area contributed by atoms with Gasteiger partial charge in [-0.3, -0.25) is 19.1 Å². The molecule has 3 aromatic rings. The lowest BCUT2D eigenvalue weighted by atomic mass is 10.2. The van der Waals surface area contributed by atoms with Crippen LogP contribution < -0.4 is 15.8 Å². The molecule has 0 bridgehead atoms. The SMILES string of the molecule is CN(C)c1cccnc1-c1nc(C(=O)NCc2ccc(Cl)c(Cl)c2)c(O)c(=O)n1C. The Labute approximate surface area is 182 Å². The first kappa shape index (κ1) is 21.6. The van der Waals surface area contributed by atoms with E-state index in [1.807, 2.05) is 25.1 Å². The molecule has 0 aliphatic carbocycles. The molecule has 156 valence electrons. The average Bonchev–Trinajstić information content (AvgIpc) is 2.73. The zero-order chi connectivity index (χ0) is 22.0. The highest BCUT2D eigenvalue weighted by atomic mass is 35.5. The number of aromatic nitrogens is 3. The fourth-order valence-electron chi connectivity index (χ4n) is 2.81. The van der Waals surface area contributed by atoms with Crippen molar-refractivity contribution in [2.24, 2.45) is 7.05 Å². The van der Waals surface area contributed by atoms with E-state index in [4.69, 9.17) is 23.2 Å². The van der Waals surface area contributed by atoms with Crippen molar-refractivity contribution in [3.63, 3.8) is 0 Å². The molecule has 0 radical (unpaired) electrons. The summed E-state index contributed by atoms with van der Waals surface area (Å²) in [5, 5.41) is 13.6. The number of anilines is 1. The molecule has 0 unspecified atom stereocenters. The van der Waals surface area contributed by atoms with Crippen LogP contribution in [-0.2, 0) is 13.6 Å². The van der Waals surface area contributed by atoms with Gasteiger partial charge in [0, 0.05) is 33.9 Å². The first-order chi connectivity index (χ1) is 14.2. The van der Waals surface area contributed by atoms with Gasteiger partial charge in [0.1, 0.15) is 5.69 Å². The number of nitrogens with zero attached hydrogens (tertiary/aromatic N) is 4. The Balaban J connectivity index is 1.98. The maximum atomic E-state index is 12.7. The van der Waals surface area contributed by atoms with Gasteiger partial charge < -0.3 is 15.3 Å². The minimum absolute atomic E-state index is 0.105. The third kappa shape index (κ3) is 4.24. The van der Waals surface area contributed by atoms with Crippen LogP contribution in [0.25, 0.3) is 11.5 Å². The largest absolute Gasteiger partial charge is 0.501 e. The first-order valence-electron chi connectivity index (χ1n) is 8.85. The van der Waals surface area contributed by atoms with E-state index in [1.165, 1.54) is 7.05 Å². The average molecular weight is 448 g/mol. The van der Waals surface area contributed by atoms with Crippen LogP contribution in [0.5, 0.6) is 5.75 Å². The molecule has 0 spiro atoms. The number of benzene rings is 1. The number of hydrogen-bond acceptors (Lipinski definition) is 6. The Kier molecular flexibility index (Phi) is 6.28. The Morgan fingerprint density at radius 1 is 1.23 bits per heavy atom. The quantitative estimate of drug-likeness (QED) is 0.623. The van der Waals surface area contributed by atoms with E-state index < -0.39 is 17.2 Å². The second-order valence-electron chi connectivity index (χ2n) is 6.69. The maximum absolute atomic E-state index is 12.7. The number of halogens is 2. The number of amides is 1. The topological polar surface area (TPSA) is 100 Å².